The lowest BCUT2D eigenvalue weighted by molar-refractivity contribution is 0.372. The molecule has 3 nitrogen and oxygen atoms in total. The summed E-state index contributed by atoms with van der Waals surface area (Å²) in [4.78, 5) is 17.1. The van der Waals surface area contributed by atoms with Gasteiger partial charge in [-0.25, -0.2) is 4.98 Å². The zero-order valence-corrected chi connectivity index (χ0v) is 11.0. The standard InChI is InChI=1S/C14H18N2O/c1-9-7-6-8-11-12(9)13(17)16(10(2)15-11)14(3,4)5/h6-8H,1-5H3. The van der Waals surface area contributed by atoms with Crippen molar-refractivity contribution in [3.8, 4) is 0 Å². The topological polar surface area (TPSA) is 34.9 Å². The molecule has 0 unspecified atom stereocenters. The number of nitrogens with zero attached hydrogens (tertiary/aromatic N) is 2. The van der Waals surface area contributed by atoms with Gasteiger partial charge in [-0.3, -0.25) is 9.36 Å². The third-order valence-corrected chi connectivity index (χ3v) is 2.94. The maximum Gasteiger partial charge on any atom is 0.262 e. The van der Waals surface area contributed by atoms with Crippen LogP contribution in [0.5, 0.6) is 0 Å². The molecule has 90 valence electrons. The highest BCUT2D eigenvalue weighted by atomic mass is 16.1. The molecular weight excluding hydrogens is 212 g/mol. The Morgan fingerprint density at radius 2 is 1.82 bits per heavy atom. The summed E-state index contributed by atoms with van der Waals surface area (Å²) in [7, 11) is 0. The Morgan fingerprint density at radius 3 is 2.41 bits per heavy atom. The van der Waals surface area contributed by atoms with Crippen LogP contribution in [0, 0.1) is 13.8 Å². The summed E-state index contributed by atoms with van der Waals surface area (Å²) in [6.07, 6.45) is 0. The molecular formula is C14H18N2O. The van der Waals surface area contributed by atoms with Crippen molar-refractivity contribution in [1.29, 1.82) is 0 Å². The van der Waals surface area contributed by atoms with Crippen molar-refractivity contribution < 1.29 is 0 Å². The zero-order valence-electron chi connectivity index (χ0n) is 11.0. The number of fused-ring (bicyclic) bond motifs is 1. The van der Waals surface area contributed by atoms with Crippen molar-refractivity contribution in [2.24, 2.45) is 0 Å². The molecule has 0 saturated carbocycles. The predicted octanol–water partition coefficient (Wildman–Crippen LogP) is 2.77. The minimum Gasteiger partial charge on any atom is -0.291 e. The molecule has 0 aliphatic carbocycles. The van der Waals surface area contributed by atoms with Gasteiger partial charge in [-0.15, -0.1) is 0 Å². The average Bonchev–Trinajstić information content (AvgIpc) is 2.14. The van der Waals surface area contributed by atoms with Crippen LogP contribution in [0.25, 0.3) is 10.9 Å². The summed E-state index contributed by atoms with van der Waals surface area (Å²) in [5, 5.41) is 0.730. The first-order chi connectivity index (χ1) is 7.82. The van der Waals surface area contributed by atoms with Gasteiger partial charge in [-0.2, -0.15) is 0 Å². The summed E-state index contributed by atoms with van der Waals surface area (Å²) >= 11 is 0. The fourth-order valence-corrected chi connectivity index (χ4v) is 2.30. The molecule has 0 amide bonds. The number of aromatic nitrogens is 2. The van der Waals surface area contributed by atoms with Crippen LogP contribution in [0.1, 0.15) is 32.2 Å². The Hall–Kier alpha value is -1.64. The van der Waals surface area contributed by atoms with Gasteiger partial charge in [0, 0.05) is 5.54 Å². The smallest absolute Gasteiger partial charge is 0.262 e. The lowest BCUT2D eigenvalue weighted by Gasteiger charge is -2.24. The Morgan fingerprint density at radius 1 is 1.18 bits per heavy atom. The molecule has 0 N–H and O–H groups in total. The number of aryl methyl sites for hydroxylation is 2. The van der Waals surface area contributed by atoms with Gasteiger partial charge < -0.3 is 0 Å². The fraction of sp³-hybridized carbons (Fsp3) is 0.429. The highest BCUT2D eigenvalue weighted by Crippen LogP contribution is 2.18. The second-order valence-corrected chi connectivity index (χ2v) is 5.44. The molecule has 0 radical (unpaired) electrons. The van der Waals surface area contributed by atoms with Crippen LogP contribution in [-0.4, -0.2) is 9.55 Å². The SMILES string of the molecule is Cc1cccc2nc(C)n(C(C)(C)C)c(=O)c12. The van der Waals surface area contributed by atoms with Gasteiger partial charge in [0.15, 0.2) is 0 Å². The van der Waals surface area contributed by atoms with Gasteiger partial charge in [-0.05, 0) is 46.2 Å². The van der Waals surface area contributed by atoms with Gasteiger partial charge in [-0.1, -0.05) is 12.1 Å². The molecule has 0 fully saturated rings. The lowest BCUT2D eigenvalue weighted by Crippen LogP contribution is -2.36. The van der Waals surface area contributed by atoms with Crippen molar-refractivity contribution >= 4 is 10.9 Å². The Bertz CT molecular complexity index is 633. The molecule has 1 aromatic carbocycles. The lowest BCUT2D eigenvalue weighted by atomic mass is 10.1. The van der Waals surface area contributed by atoms with E-state index in [4.69, 9.17) is 0 Å². The highest BCUT2D eigenvalue weighted by Gasteiger charge is 2.19. The van der Waals surface area contributed by atoms with Gasteiger partial charge in [0.05, 0.1) is 10.9 Å². The molecule has 0 saturated heterocycles. The summed E-state index contributed by atoms with van der Waals surface area (Å²) in [6, 6.07) is 5.78. The van der Waals surface area contributed by atoms with Crippen LogP contribution in [0.2, 0.25) is 0 Å². The number of benzene rings is 1. The summed E-state index contributed by atoms with van der Waals surface area (Å²) in [6.45, 7) is 9.90. The van der Waals surface area contributed by atoms with E-state index in [0.717, 1.165) is 22.3 Å². The summed E-state index contributed by atoms with van der Waals surface area (Å²) in [5.41, 5.74) is 1.58. The Balaban J connectivity index is 2.99. The van der Waals surface area contributed by atoms with Crippen LogP contribution in [0.15, 0.2) is 23.0 Å². The minimum atomic E-state index is -0.245. The number of hydrogen-bond acceptors (Lipinski definition) is 2. The average molecular weight is 230 g/mol. The second kappa shape index (κ2) is 3.69. The van der Waals surface area contributed by atoms with E-state index in [1.807, 2.05) is 52.8 Å². The molecule has 0 spiro atoms. The van der Waals surface area contributed by atoms with Gasteiger partial charge in [0.2, 0.25) is 0 Å². The van der Waals surface area contributed by atoms with Gasteiger partial charge in [0.1, 0.15) is 5.82 Å². The van der Waals surface area contributed by atoms with E-state index in [-0.39, 0.29) is 11.1 Å². The third-order valence-electron chi connectivity index (χ3n) is 2.94. The predicted molar refractivity (Wildman–Crippen MR) is 70.5 cm³/mol. The molecule has 2 rings (SSSR count). The molecule has 0 aliphatic rings. The molecule has 1 aromatic heterocycles. The van der Waals surface area contributed by atoms with Gasteiger partial charge in [0.25, 0.3) is 5.56 Å². The van der Waals surface area contributed by atoms with E-state index in [1.165, 1.54) is 0 Å². The highest BCUT2D eigenvalue weighted by molar-refractivity contribution is 5.81. The molecule has 17 heavy (non-hydrogen) atoms. The molecule has 0 aliphatic heterocycles. The second-order valence-electron chi connectivity index (χ2n) is 5.44. The quantitative estimate of drug-likeness (QED) is 0.697. The van der Waals surface area contributed by atoms with Crippen LogP contribution >= 0.6 is 0 Å². The van der Waals surface area contributed by atoms with Crippen molar-refractivity contribution in [1.82, 2.24) is 9.55 Å². The molecule has 0 bridgehead atoms. The monoisotopic (exact) mass is 230 g/mol. The maximum absolute atomic E-state index is 12.5. The van der Waals surface area contributed by atoms with Crippen LogP contribution in [0.3, 0.4) is 0 Å². The first-order valence-electron chi connectivity index (χ1n) is 5.82. The fourth-order valence-electron chi connectivity index (χ4n) is 2.30. The van der Waals surface area contributed by atoms with Gasteiger partial charge >= 0.3 is 0 Å². The molecule has 1 heterocycles. The van der Waals surface area contributed by atoms with E-state index in [9.17, 15) is 4.79 Å². The van der Waals surface area contributed by atoms with Crippen LogP contribution < -0.4 is 5.56 Å². The van der Waals surface area contributed by atoms with Crippen molar-refractivity contribution in [3.05, 3.63) is 39.9 Å². The van der Waals surface area contributed by atoms with E-state index in [2.05, 4.69) is 4.98 Å². The van der Waals surface area contributed by atoms with Crippen LogP contribution in [0.4, 0.5) is 0 Å². The first-order valence-corrected chi connectivity index (χ1v) is 5.82. The van der Waals surface area contributed by atoms with E-state index in [1.54, 1.807) is 4.57 Å². The largest absolute Gasteiger partial charge is 0.291 e. The third kappa shape index (κ3) is 1.86. The first kappa shape index (κ1) is 11.8. The van der Waals surface area contributed by atoms with E-state index in [0.29, 0.717) is 0 Å². The summed E-state index contributed by atoms with van der Waals surface area (Å²) < 4.78 is 1.77. The molecule has 2 aromatic rings. The minimum absolute atomic E-state index is 0.0538. The summed E-state index contributed by atoms with van der Waals surface area (Å²) in [5.74, 6) is 0.764. The Labute approximate surface area is 101 Å². The van der Waals surface area contributed by atoms with Crippen molar-refractivity contribution in [2.75, 3.05) is 0 Å². The number of hydrogen-bond donors (Lipinski definition) is 0. The van der Waals surface area contributed by atoms with Crippen LogP contribution in [-0.2, 0) is 5.54 Å². The molecule has 0 atom stereocenters. The van der Waals surface area contributed by atoms with E-state index < -0.39 is 0 Å². The Kier molecular flexibility index (Phi) is 2.57. The van der Waals surface area contributed by atoms with Crippen molar-refractivity contribution in [3.63, 3.8) is 0 Å². The zero-order chi connectivity index (χ0) is 12.8. The van der Waals surface area contributed by atoms with E-state index >= 15 is 0 Å². The maximum atomic E-state index is 12.5. The van der Waals surface area contributed by atoms with Crippen molar-refractivity contribution in [2.45, 2.75) is 40.2 Å². The normalized spacial score (nSPS) is 12.1. The molecule has 3 heteroatoms. The number of rotatable bonds is 0.